The van der Waals surface area contributed by atoms with Gasteiger partial charge in [0, 0.05) is 5.57 Å². The van der Waals surface area contributed by atoms with Crippen LogP contribution >= 0.6 is 0 Å². The third-order valence-electron chi connectivity index (χ3n) is 0.858. The molecule has 0 amide bonds. The van der Waals surface area contributed by atoms with E-state index < -0.39 is 0 Å². The number of Topliss-reactive ketones (excluding diaryl/α,β-unsaturated/α-hetero) is 1. The van der Waals surface area contributed by atoms with Crippen molar-refractivity contribution in [2.45, 2.75) is 6.92 Å². The normalized spacial score (nSPS) is 10.0. The Hall–Kier alpha value is -1.41. The van der Waals surface area contributed by atoms with E-state index in [0.29, 0.717) is 5.57 Å². The van der Waals surface area contributed by atoms with Gasteiger partial charge in [0.15, 0.2) is 0 Å². The first kappa shape index (κ1) is 8.59. The molecule has 0 heterocycles. The van der Waals surface area contributed by atoms with Crippen LogP contribution < -0.4 is 0 Å². The highest BCUT2D eigenvalue weighted by atomic mass is 16.5. The Morgan fingerprint density at radius 1 is 1.70 bits per heavy atom. The Kier molecular flexibility index (Phi) is 3.84. The topological polar surface area (TPSA) is 62.7 Å². The van der Waals surface area contributed by atoms with Crippen molar-refractivity contribution in [1.29, 1.82) is 0 Å². The molecule has 0 radical (unpaired) electrons. The fraction of sp³-hybridized carbons (Fsp3) is 0.333. The third-order valence-corrected chi connectivity index (χ3v) is 0.858. The molecule has 0 aromatic rings. The highest BCUT2D eigenvalue weighted by Gasteiger charge is 2.03. The summed E-state index contributed by atoms with van der Waals surface area (Å²) >= 11 is 0. The van der Waals surface area contributed by atoms with Gasteiger partial charge in [-0.1, -0.05) is 0 Å². The van der Waals surface area contributed by atoms with Crippen LogP contribution in [0.1, 0.15) is 6.92 Å². The second-order valence-corrected chi connectivity index (χ2v) is 1.65. The monoisotopic (exact) mass is 140 g/mol. The van der Waals surface area contributed by atoms with E-state index >= 15 is 0 Å². The third kappa shape index (κ3) is 2.79. The zero-order valence-corrected chi connectivity index (χ0v) is 5.87. The van der Waals surface area contributed by atoms with Crippen molar-refractivity contribution in [2.24, 2.45) is 0 Å². The van der Waals surface area contributed by atoms with Crippen molar-refractivity contribution >= 4 is 12.0 Å². The molecule has 0 fully saturated rings. The van der Waals surface area contributed by atoms with Gasteiger partial charge in [-0.2, -0.15) is 4.79 Å². The van der Waals surface area contributed by atoms with Crippen LogP contribution in [0.5, 0.6) is 0 Å². The maximum absolute atomic E-state index is 10.7. The summed E-state index contributed by atoms with van der Waals surface area (Å²) in [6.45, 7) is 1.56. The molecule has 0 bridgehead atoms. The van der Waals surface area contributed by atoms with Gasteiger partial charge in [0.2, 0.25) is 0 Å². The Morgan fingerprint density at radius 3 is 2.70 bits per heavy atom. The van der Waals surface area contributed by atoms with Gasteiger partial charge in [0.25, 0.3) is 5.78 Å². The number of hydrogen-bond donors (Lipinski definition) is 0. The predicted molar refractivity (Wildman–Crippen MR) is 35.5 cm³/mol. The first-order valence-corrected chi connectivity index (χ1v) is 2.63. The van der Waals surface area contributed by atoms with Gasteiger partial charge >= 0.3 is 6.21 Å². The highest BCUT2D eigenvalue weighted by molar-refractivity contribution is 6.32. The van der Waals surface area contributed by atoms with Gasteiger partial charge < -0.3 is 10.3 Å². The second kappa shape index (κ2) is 4.47. The van der Waals surface area contributed by atoms with Gasteiger partial charge in [0.05, 0.1) is 13.4 Å². The maximum atomic E-state index is 10.7. The number of nitrogens with zero attached hydrogens (tertiary/aromatic N) is 2. The molecule has 0 aromatic heterocycles. The molecule has 0 rings (SSSR count). The van der Waals surface area contributed by atoms with Crippen molar-refractivity contribution in [2.75, 3.05) is 7.11 Å². The van der Waals surface area contributed by atoms with Gasteiger partial charge in [-0.05, 0) is 6.92 Å². The molecule has 0 atom stereocenters. The van der Waals surface area contributed by atoms with Crippen LogP contribution in [0.15, 0.2) is 11.8 Å². The zero-order valence-electron chi connectivity index (χ0n) is 5.87. The van der Waals surface area contributed by atoms with Crippen LogP contribution in [-0.2, 0) is 9.53 Å². The molecule has 4 nitrogen and oxygen atoms in total. The smallest absolute Gasteiger partial charge is 0.327 e. The highest BCUT2D eigenvalue weighted by Crippen LogP contribution is 1.90. The van der Waals surface area contributed by atoms with Crippen LogP contribution in [0.25, 0.3) is 5.53 Å². The van der Waals surface area contributed by atoms with E-state index in [2.05, 4.69) is 9.53 Å². The quantitative estimate of drug-likeness (QED) is 0.187. The molecule has 0 spiro atoms. The van der Waals surface area contributed by atoms with Crippen LogP contribution in [0, 0.1) is 0 Å². The minimum atomic E-state index is -0.371. The molecular formula is C6H8N2O2. The summed E-state index contributed by atoms with van der Waals surface area (Å²) < 4.78 is 4.54. The molecule has 0 aliphatic heterocycles. The fourth-order valence-electron chi connectivity index (χ4n) is 0.389. The first-order chi connectivity index (χ1) is 4.72. The molecule has 0 aliphatic carbocycles. The van der Waals surface area contributed by atoms with E-state index in [0.717, 1.165) is 6.21 Å². The lowest BCUT2D eigenvalue weighted by Crippen LogP contribution is -2.01. The van der Waals surface area contributed by atoms with E-state index in [-0.39, 0.29) is 5.78 Å². The molecule has 54 valence electrons. The number of allylic oxidation sites excluding steroid dienone is 1. The number of hydrogen-bond acceptors (Lipinski definition) is 2. The average molecular weight is 140 g/mol. The molecule has 10 heavy (non-hydrogen) atoms. The predicted octanol–water partition coefficient (Wildman–Crippen LogP) is 0.406. The van der Waals surface area contributed by atoms with Crippen molar-refractivity contribution in [3.05, 3.63) is 17.4 Å². The van der Waals surface area contributed by atoms with E-state index in [1.54, 1.807) is 6.92 Å². The summed E-state index contributed by atoms with van der Waals surface area (Å²) in [5, 5.41) is 0. The Labute approximate surface area is 58.7 Å². The van der Waals surface area contributed by atoms with Gasteiger partial charge in [-0.25, -0.2) is 0 Å². The van der Waals surface area contributed by atoms with Crippen molar-refractivity contribution in [3.8, 4) is 0 Å². The van der Waals surface area contributed by atoms with E-state index in [1.807, 2.05) is 0 Å². The summed E-state index contributed by atoms with van der Waals surface area (Å²) in [7, 11) is 1.44. The number of rotatable bonds is 3. The summed E-state index contributed by atoms with van der Waals surface area (Å²) in [6.07, 6.45) is 2.09. The van der Waals surface area contributed by atoms with Crippen molar-refractivity contribution in [1.82, 2.24) is 0 Å². The summed E-state index contributed by atoms with van der Waals surface area (Å²) in [6, 6.07) is 0. The van der Waals surface area contributed by atoms with Gasteiger partial charge in [-0.3, -0.25) is 4.79 Å². The SMILES string of the molecule is CO/C=C(\C)C(=O)C=[N+]=[N-]. The zero-order chi connectivity index (χ0) is 7.98. The molecule has 0 aliphatic rings. The summed E-state index contributed by atoms with van der Waals surface area (Å²) in [4.78, 5) is 13.2. The van der Waals surface area contributed by atoms with Gasteiger partial charge in [-0.15, -0.1) is 0 Å². The second-order valence-electron chi connectivity index (χ2n) is 1.65. The Balaban J connectivity index is 4.21. The number of carbonyl (C=O) groups excluding carboxylic acids is 1. The number of carbonyl (C=O) groups is 1. The molecule has 0 saturated heterocycles. The minimum absolute atomic E-state index is 0.371. The van der Waals surface area contributed by atoms with Crippen LogP contribution in [0.2, 0.25) is 0 Å². The number of methoxy groups -OCH3 is 1. The average Bonchev–Trinajstić information content (AvgIpc) is 1.89. The fourth-order valence-corrected chi connectivity index (χ4v) is 0.389. The maximum Gasteiger partial charge on any atom is 0.327 e. The van der Waals surface area contributed by atoms with Crippen molar-refractivity contribution in [3.63, 3.8) is 0 Å². The molecule has 0 unspecified atom stereocenters. The van der Waals surface area contributed by atoms with Crippen LogP contribution in [0.3, 0.4) is 0 Å². The summed E-state index contributed by atoms with van der Waals surface area (Å²) in [5.74, 6) is -0.371. The Bertz CT molecular complexity index is 202. The van der Waals surface area contributed by atoms with Crippen molar-refractivity contribution < 1.29 is 14.3 Å². The van der Waals surface area contributed by atoms with Crippen LogP contribution in [-0.4, -0.2) is 23.9 Å². The largest absolute Gasteiger partial charge is 0.504 e. The first-order valence-electron chi connectivity index (χ1n) is 2.63. The van der Waals surface area contributed by atoms with E-state index in [9.17, 15) is 4.79 Å². The molecule has 4 heteroatoms. The molecular weight excluding hydrogens is 132 g/mol. The molecule has 0 saturated carbocycles. The summed E-state index contributed by atoms with van der Waals surface area (Å²) in [5.41, 5.74) is 8.32. The lowest BCUT2D eigenvalue weighted by molar-refractivity contribution is -0.112. The van der Waals surface area contributed by atoms with Gasteiger partial charge in [0.1, 0.15) is 0 Å². The lowest BCUT2D eigenvalue weighted by Gasteiger charge is -1.88. The molecule has 0 aromatic carbocycles. The van der Waals surface area contributed by atoms with E-state index in [1.165, 1.54) is 13.4 Å². The van der Waals surface area contributed by atoms with Crippen LogP contribution in [0.4, 0.5) is 0 Å². The standard InChI is InChI=1S/C6H8N2O2/c1-5(4-10-2)6(9)3-8-7/h3-4H,1-2H3/b5-4+. The number of ketones is 1. The Morgan fingerprint density at radius 2 is 2.30 bits per heavy atom. The lowest BCUT2D eigenvalue weighted by atomic mass is 10.2. The minimum Gasteiger partial charge on any atom is -0.504 e. The van der Waals surface area contributed by atoms with E-state index in [4.69, 9.17) is 5.53 Å². The molecule has 0 N–H and O–H groups in total. The number of ether oxygens (including phenoxy) is 1.